The van der Waals surface area contributed by atoms with Crippen molar-refractivity contribution in [1.82, 2.24) is 24.2 Å². The Balaban J connectivity index is 1.51. The van der Waals surface area contributed by atoms with Gasteiger partial charge in [0, 0.05) is 18.8 Å². The summed E-state index contributed by atoms with van der Waals surface area (Å²) >= 11 is 0. The van der Waals surface area contributed by atoms with Crippen LogP contribution in [0.5, 0.6) is 0 Å². The standard InChI is InChI=1S/C18H21N5O2/c1-12-9-13(2)23(20-12)14-7-8-21(10-14)17(24)11-22-16-6-4-3-5-15(16)19-18(22)25/h3-6,9,14H,7-8,10-11H2,1-2H3,(H,19,25)/t14-/m1/s1. The van der Waals surface area contributed by atoms with E-state index in [0.29, 0.717) is 13.1 Å². The number of nitrogens with one attached hydrogen (secondary N) is 1. The maximum Gasteiger partial charge on any atom is 0.326 e. The number of aromatic amines is 1. The summed E-state index contributed by atoms with van der Waals surface area (Å²) in [4.78, 5) is 29.5. The normalized spacial score (nSPS) is 17.5. The van der Waals surface area contributed by atoms with Crippen molar-refractivity contribution < 1.29 is 4.79 Å². The second-order valence-electron chi connectivity index (χ2n) is 6.69. The van der Waals surface area contributed by atoms with Crippen molar-refractivity contribution in [3.63, 3.8) is 0 Å². The molecule has 130 valence electrons. The number of aromatic nitrogens is 4. The number of carbonyl (C=O) groups excluding carboxylic acids is 1. The van der Waals surface area contributed by atoms with Crippen LogP contribution in [0.4, 0.5) is 0 Å². The predicted octanol–water partition coefficient (Wildman–Crippen LogP) is 1.62. The number of likely N-dealkylation sites (tertiary alicyclic amines) is 1. The molecular weight excluding hydrogens is 318 g/mol. The van der Waals surface area contributed by atoms with Crippen molar-refractivity contribution in [1.29, 1.82) is 0 Å². The van der Waals surface area contributed by atoms with Crippen molar-refractivity contribution in [2.75, 3.05) is 13.1 Å². The highest BCUT2D eigenvalue weighted by atomic mass is 16.2. The number of fused-ring (bicyclic) bond motifs is 1. The quantitative estimate of drug-likeness (QED) is 0.788. The van der Waals surface area contributed by atoms with E-state index in [1.807, 2.05) is 47.7 Å². The second-order valence-corrected chi connectivity index (χ2v) is 6.69. The molecule has 0 bridgehead atoms. The third kappa shape index (κ3) is 2.75. The maximum atomic E-state index is 12.7. The van der Waals surface area contributed by atoms with Gasteiger partial charge >= 0.3 is 5.69 Å². The van der Waals surface area contributed by atoms with Crippen LogP contribution in [0, 0.1) is 13.8 Å². The van der Waals surface area contributed by atoms with E-state index < -0.39 is 0 Å². The number of nitrogens with zero attached hydrogens (tertiary/aromatic N) is 4. The van der Waals surface area contributed by atoms with Crippen LogP contribution in [-0.2, 0) is 11.3 Å². The molecule has 0 aliphatic carbocycles. The van der Waals surface area contributed by atoms with Crippen molar-refractivity contribution in [3.05, 3.63) is 52.2 Å². The predicted molar refractivity (Wildman–Crippen MR) is 94.5 cm³/mol. The molecule has 1 aliphatic rings. The van der Waals surface area contributed by atoms with Crippen molar-refractivity contribution in [2.45, 2.75) is 32.9 Å². The van der Waals surface area contributed by atoms with Gasteiger partial charge in [-0.3, -0.25) is 14.0 Å². The topological polar surface area (TPSA) is 75.9 Å². The smallest absolute Gasteiger partial charge is 0.326 e. The van der Waals surface area contributed by atoms with Gasteiger partial charge in [0.2, 0.25) is 5.91 Å². The van der Waals surface area contributed by atoms with Gasteiger partial charge in [-0.1, -0.05) is 12.1 Å². The van der Waals surface area contributed by atoms with Crippen LogP contribution >= 0.6 is 0 Å². The molecule has 1 amide bonds. The zero-order valence-electron chi connectivity index (χ0n) is 14.4. The molecule has 1 N–H and O–H groups in total. The minimum Gasteiger partial charge on any atom is -0.339 e. The van der Waals surface area contributed by atoms with Crippen LogP contribution < -0.4 is 5.69 Å². The Bertz CT molecular complexity index is 996. The van der Waals surface area contributed by atoms with Gasteiger partial charge in [0.1, 0.15) is 6.54 Å². The summed E-state index contributed by atoms with van der Waals surface area (Å²) in [6.45, 7) is 5.41. The van der Waals surface area contributed by atoms with Gasteiger partial charge in [0.05, 0.1) is 22.8 Å². The Morgan fingerprint density at radius 2 is 2.12 bits per heavy atom. The summed E-state index contributed by atoms with van der Waals surface area (Å²) < 4.78 is 3.52. The third-order valence-electron chi connectivity index (χ3n) is 4.88. The number of aryl methyl sites for hydroxylation is 2. The van der Waals surface area contributed by atoms with Crippen molar-refractivity contribution in [3.8, 4) is 0 Å². The average molecular weight is 339 g/mol. The number of hydrogen-bond acceptors (Lipinski definition) is 3. The van der Waals surface area contributed by atoms with Gasteiger partial charge < -0.3 is 9.88 Å². The molecule has 1 aliphatic heterocycles. The molecule has 1 atom stereocenters. The van der Waals surface area contributed by atoms with E-state index in [1.54, 1.807) is 0 Å². The molecule has 0 saturated carbocycles. The first-order valence-corrected chi connectivity index (χ1v) is 8.51. The van der Waals surface area contributed by atoms with Crippen molar-refractivity contribution >= 4 is 16.9 Å². The maximum absolute atomic E-state index is 12.7. The SMILES string of the molecule is Cc1cc(C)n([C@@H]2CCN(C(=O)Cn3c(=O)[nH]c4ccccc43)C2)n1. The van der Waals surface area contributed by atoms with Gasteiger partial charge in [-0.25, -0.2) is 4.79 Å². The van der Waals surface area contributed by atoms with Gasteiger partial charge in [-0.05, 0) is 38.5 Å². The summed E-state index contributed by atoms with van der Waals surface area (Å²) in [5.41, 5.74) is 3.37. The van der Waals surface area contributed by atoms with Crippen molar-refractivity contribution in [2.24, 2.45) is 0 Å². The van der Waals surface area contributed by atoms with E-state index in [0.717, 1.165) is 28.8 Å². The largest absolute Gasteiger partial charge is 0.339 e. The Morgan fingerprint density at radius 1 is 1.32 bits per heavy atom. The van der Waals surface area contributed by atoms with Crippen LogP contribution in [0.3, 0.4) is 0 Å². The molecule has 0 unspecified atom stereocenters. The number of carbonyl (C=O) groups is 1. The van der Waals surface area contributed by atoms with Crippen LogP contribution in [-0.4, -0.2) is 43.2 Å². The minimum absolute atomic E-state index is 0.0316. The molecule has 0 radical (unpaired) electrons. The summed E-state index contributed by atoms with van der Waals surface area (Å²) in [5.74, 6) is -0.0316. The number of amides is 1. The fourth-order valence-electron chi connectivity index (χ4n) is 3.68. The second kappa shape index (κ2) is 5.91. The van der Waals surface area contributed by atoms with Gasteiger partial charge in [0.15, 0.2) is 0 Å². The summed E-state index contributed by atoms with van der Waals surface area (Å²) in [6.07, 6.45) is 0.885. The minimum atomic E-state index is -0.246. The Kier molecular flexibility index (Phi) is 3.71. The highest BCUT2D eigenvalue weighted by molar-refractivity contribution is 5.80. The lowest BCUT2D eigenvalue weighted by Crippen LogP contribution is -2.34. The average Bonchev–Trinajstić information content (AvgIpc) is 3.26. The van der Waals surface area contributed by atoms with Crippen LogP contribution in [0.2, 0.25) is 0 Å². The van der Waals surface area contributed by atoms with E-state index in [9.17, 15) is 9.59 Å². The number of benzene rings is 1. The fraction of sp³-hybridized carbons (Fsp3) is 0.389. The summed E-state index contributed by atoms with van der Waals surface area (Å²) in [6, 6.07) is 9.68. The Hall–Kier alpha value is -2.83. The summed E-state index contributed by atoms with van der Waals surface area (Å²) in [7, 11) is 0. The Morgan fingerprint density at radius 3 is 2.88 bits per heavy atom. The molecule has 2 aromatic heterocycles. The zero-order chi connectivity index (χ0) is 17.6. The lowest BCUT2D eigenvalue weighted by molar-refractivity contribution is -0.130. The first-order chi connectivity index (χ1) is 12.0. The van der Waals surface area contributed by atoms with E-state index in [-0.39, 0.29) is 24.2 Å². The molecular formula is C18H21N5O2. The van der Waals surface area contributed by atoms with E-state index in [2.05, 4.69) is 16.1 Å². The first kappa shape index (κ1) is 15.7. The number of H-pyrrole nitrogens is 1. The molecule has 7 heteroatoms. The molecule has 3 aromatic rings. The molecule has 1 fully saturated rings. The number of para-hydroxylation sites is 2. The lowest BCUT2D eigenvalue weighted by atomic mass is 10.2. The Labute approximate surface area is 144 Å². The number of hydrogen-bond donors (Lipinski definition) is 1. The van der Waals surface area contributed by atoms with Gasteiger partial charge in [-0.15, -0.1) is 0 Å². The van der Waals surface area contributed by atoms with E-state index in [1.165, 1.54) is 4.57 Å². The van der Waals surface area contributed by atoms with Crippen LogP contribution in [0.15, 0.2) is 35.1 Å². The molecule has 7 nitrogen and oxygen atoms in total. The molecule has 25 heavy (non-hydrogen) atoms. The first-order valence-electron chi connectivity index (χ1n) is 8.51. The molecule has 4 rings (SSSR count). The summed E-state index contributed by atoms with van der Waals surface area (Å²) in [5, 5.41) is 4.54. The molecule has 0 spiro atoms. The van der Waals surface area contributed by atoms with E-state index >= 15 is 0 Å². The molecule has 1 saturated heterocycles. The molecule has 3 heterocycles. The lowest BCUT2D eigenvalue weighted by Gasteiger charge is -2.17. The zero-order valence-corrected chi connectivity index (χ0v) is 14.4. The fourth-order valence-corrected chi connectivity index (χ4v) is 3.68. The monoisotopic (exact) mass is 339 g/mol. The highest BCUT2D eigenvalue weighted by Gasteiger charge is 2.29. The van der Waals surface area contributed by atoms with Crippen LogP contribution in [0.25, 0.3) is 11.0 Å². The number of imidazole rings is 1. The van der Waals surface area contributed by atoms with E-state index in [4.69, 9.17) is 0 Å². The van der Waals surface area contributed by atoms with Gasteiger partial charge in [0.25, 0.3) is 0 Å². The highest BCUT2D eigenvalue weighted by Crippen LogP contribution is 2.23. The van der Waals surface area contributed by atoms with Gasteiger partial charge in [-0.2, -0.15) is 5.10 Å². The number of rotatable bonds is 3. The molecule has 1 aromatic carbocycles. The van der Waals surface area contributed by atoms with Crippen LogP contribution in [0.1, 0.15) is 23.9 Å². The third-order valence-corrected chi connectivity index (χ3v) is 4.88.